The van der Waals surface area contributed by atoms with Gasteiger partial charge in [0.05, 0.1) is 18.3 Å². The largest absolute Gasteiger partial charge is 0.495 e. The van der Waals surface area contributed by atoms with Crippen LogP contribution >= 0.6 is 0 Å². The molecule has 3 N–H and O–H groups in total. The molecule has 166 valence electrons. The van der Waals surface area contributed by atoms with E-state index in [0.717, 1.165) is 10.9 Å². The number of methoxy groups -OCH3 is 1. The SMILES string of the molecule is COc1ccc(NC(C)=O)cc1NC(=O)C1CCN(C(=O)c2n[nH]c3ccccc23)CC1. The highest BCUT2D eigenvalue weighted by molar-refractivity contribution is 6.04. The molecule has 0 bridgehead atoms. The third-order valence-electron chi connectivity index (χ3n) is 5.60. The molecular weight excluding hydrogens is 410 g/mol. The molecule has 9 nitrogen and oxygen atoms in total. The topological polar surface area (TPSA) is 116 Å². The molecule has 0 radical (unpaired) electrons. The number of aromatic nitrogens is 2. The maximum atomic E-state index is 12.9. The Bertz CT molecular complexity index is 1160. The molecule has 0 unspecified atom stereocenters. The van der Waals surface area contributed by atoms with Crippen molar-refractivity contribution in [1.82, 2.24) is 15.1 Å². The summed E-state index contributed by atoms with van der Waals surface area (Å²) >= 11 is 0. The van der Waals surface area contributed by atoms with Crippen LogP contribution in [0.5, 0.6) is 5.75 Å². The third kappa shape index (κ3) is 4.41. The number of fused-ring (bicyclic) bond motifs is 1. The monoisotopic (exact) mass is 435 g/mol. The Morgan fingerprint density at radius 1 is 1.09 bits per heavy atom. The first kappa shape index (κ1) is 21.4. The van der Waals surface area contributed by atoms with Gasteiger partial charge in [0.15, 0.2) is 5.69 Å². The van der Waals surface area contributed by atoms with E-state index in [0.29, 0.717) is 48.7 Å². The number of aromatic amines is 1. The van der Waals surface area contributed by atoms with E-state index < -0.39 is 0 Å². The lowest BCUT2D eigenvalue weighted by atomic mass is 9.95. The minimum atomic E-state index is -0.232. The molecule has 1 aliphatic heterocycles. The van der Waals surface area contributed by atoms with E-state index in [2.05, 4.69) is 20.8 Å². The second-order valence-corrected chi connectivity index (χ2v) is 7.77. The van der Waals surface area contributed by atoms with Gasteiger partial charge in [0.25, 0.3) is 5.91 Å². The molecule has 1 saturated heterocycles. The lowest BCUT2D eigenvalue weighted by Gasteiger charge is -2.31. The first-order chi connectivity index (χ1) is 15.5. The fourth-order valence-corrected chi connectivity index (χ4v) is 3.94. The summed E-state index contributed by atoms with van der Waals surface area (Å²) in [5, 5.41) is 13.5. The summed E-state index contributed by atoms with van der Waals surface area (Å²) in [6.45, 7) is 2.37. The molecule has 0 atom stereocenters. The number of carbonyl (C=O) groups excluding carboxylic acids is 3. The molecule has 2 aromatic carbocycles. The number of anilines is 2. The van der Waals surface area contributed by atoms with Crippen molar-refractivity contribution < 1.29 is 19.1 Å². The molecule has 0 saturated carbocycles. The van der Waals surface area contributed by atoms with Gasteiger partial charge in [-0.2, -0.15) is 5.10 Å². The second kappa shape index (κ2) is 9.09. The van der Waals surface area contributed by atoms with E-state index in [1.165, 1.54) is 14.0 Å². The van der Waals surface area contributed by atoms with Crippen LogP contribution < -0.4 is 15.4 Å². The molecule has 0 spiro atoms. The first-order valence-electron chi connectivity index (χ1n) is 10.4. The van der Waals surface area contributed by atoms with Crippen LogP contribution in [0.3, 0.4) is 0 Å². The highest BCUT2D eigenvalue weighted by Gasteiger charge is 2.30. The standard InChI is InChI=1S/C23H25N5O4/c1-14(29)24-16-7-8-20(32-2)19(13-16)25-22(30)15-9-11-28(12-10-15)23(31)21-17-5-3-4-6-18(17)26-27-21/h3-8,13,15H,9-12H2,1-2H3,(H,24,29)(H,25,30)(H,26,27). The normalized spacial score (nSPS) is 14.2. The van der Waals surface area contributed by atoms with Crippen LogP contribution in [0.4, 0.5) is 11.4 Å². The molecule has 1 aromatic heterocycles. The Balaban J connectivity index is 1.39. The molecule has 3 aromatic rings. The van der Waals surface area contributed by atoms with Gasteiger partial charge in [-0.25, -0.2) is 0 Å². The number of hydrogen-bond donors (Lipinski definition) is 3. The van der Waals surface area contributed by atoms with E-state index >= 15 is 0 Å². The molecule has 2 heterocycles. The zero-order valence-corrected chi connectivity index (χ0v) is 18.0. The van der Waals surface area contributed by atoms with E-state index in [1.807, 2.05) is 24.3 Å². The second-order valence-electron chi connectivity index (χ2n) is 7.77. The Morgan fingerprint density at radius 2 is 1.84 bits per heavy atom. The summed E-state index contributed by atoms with van der Waals surface area (Å²) in [6, 6.07) is 12.6. The number of hydrogen-bond acceptors (Lipinski definition) is 5. The summed E-state index contributed by atoms with van der Waals surface area (Å²) < 4.78 is 5.33. The minimum absolute atomic E-state index is 0.133. The summed E-state index contributed by atoms with van der Waals surface area (Å²) in [5.41, 5.74) is 2.29. The average Bonchev–Trinajstić information content (AvgIpc) is 3.23. The van der Waals surface area contributed by atoms with Crippen molar-refractivity contribution in [1.29, 1.82) is 0 Å². The van der Waals surface area contributed by atoms with Crippen molar-refractivity contribution in [3.05, 3.63) is 48.2 Å². The van der Waals surface area contributed by atoms with E-state index in [9.17, 15) is 14.4 Å². The minimum Gasteiger partial charge on any atom is -0.495 e. The highest BCUT2D eigenvalue weighted by Crippen LogP contribution is 2.30. The molecule has 1 aliphatic rings. The Kier molecular flexibility index (Phi) is 6.07. The van der Waals surface area contributed by atoms with Gasteiger partial charge in [-0.1, -0.05) is 18.2 Å². The Labute approximate surface area is 185 Å². The lowest BCUT2D eigenvalue weighted by molar-refractivity contribution is -0.121. The fourth-order valence-electron chi connectivity index (χ4n) is 3.94. The van der Waals surface area contributed by atoms with Crippen molar-refractivity contribution in [2.45, 2.75) is 19.8 Å². The van der Waals surface area contributed by atoms with Crippen molar-refractivity contribution in [3.8, 4) is 5.75 Å². The van der Waals surface area contributed by atoms with Gasteiger partial charge in [-0.15, -0.1) is 0 Å². The number of nitrogens with zero attached hydrogens (tertiary/aromatic N) is 2. The lowest BCUT2D eigenvalue weighted by Crippen LogP contribution is -2.41. The molecular formula is C23H25N5O4. The maximum absolute atomic E-state index is 12.9. The molecule has 32 heavy (non-hydrogen) atoms. The summed E-state index contributed by atoms with van der Waals surface area (Å²) in [7, 11) is 1.52. The maximum Gasteiger partial charge on any atom is 0.274 e. The van der Waals surface area contributed by atoms with Crippen molar-refractivity contribution in [2.75, 3.05) is 30.8 Å². The van der Waals surface area contributed by atoms with E-state index in [4.69, 9.17) is 4.74 Å². The van der Waals surface area contributed by atoms with Gasteiger partial charge in [-0.3, -0.25) is 19.5 Å². The number of likely N-dealkylation sites (tertiary alicyclic amines) is 1. The number of ether oxygens (including phenoxy) is 1. The zero-order valence-electron chi connectivity index (χ0n) is 18.0. The van der Waals surface area contributed by atoms with Gasteiger partial charge in [0.1, 0.15) is 5.75 Å². The van der Waals surface area contributed by atoms with Gasteiger partial charge >= 0.3 is 0 Å². The predicted octanol–water partition coefficient (Wildman–Crippen LogP) is 3.02. The van der Waals surface area contributed by atoms with Crippen LogP contribution in [0.1, 0.15) is 30.3 Å². The summed E-state index contributed by atoms with van der Waals surface area (Å²) in [5.74, 6) is -0.199. The van der Waals surface area contributed by atoms with E-state index in [1.54, 1.807) is 23.1 Å². The quantitative estimate of drug-likeness (QED) is 0.570. The summed E-state index contributed by atoms with van der Waals surface area (Å²) in [4.78, 5) is 38.9. The third-order valence-corrected chi connectivity index (χ3v) is 5.60. The smallest absolute Gasteiger partial charge is 0.274 e. The number of piperidine rings is 1. The number of carbonyl (C=O) groups is 3. The van der Waals surface area contributed by atoms with Gasteiger partial charge in [0, 0.05) is 37.0 Å². The van der Waals surface area contributed by atoms with Gasteiger partial charge in [-0.05, 0) is 37.1 Å². The molecule has 0 aliphatic carbocycles. The molecule has 4 rings (SSSR count). The zero-order chi connectivity index (χ0) is 22.7. The number of amides is 3. The number of rotatable bonds is 5. The van der Waals surface area contributed by atoms with Gasteiger partial charge < -0.3 is 20.3 Å². The van der Waals surface area contributed by atoms with Crippen LogP contribution in [0.2, 0.25) is 0 Å². The predicted molar refractivity (Wildman–Crippen MR) is 121 cm³/mol. The molecule has 3 amide bonds. The Morgan fingerprint density at radius 3 is 2.56 bits per heavy atom. The number of nitrogens with one attached hydrogen (secondary N) is 3. The highest BCUT2D eigenvalue weighted by atomic mass is 16.5. The van der Waals surface area contributed by atoms with Crippen LogP contribution in [0, 0.1) is 5.92 Å². The van der Waals surface area contributed by atoms with Crippen LogP contribution in [-0.2, 0) is 9.59 Å². The van der Waals surface area contributed by atoms with E-state index in [-0.39, 0.29) is 23.6 Å². The van der Waals surface area contributed by atoms with Gasteiger partial charge in [0.2, 0.25) is 11.8 Å². The Hall–Kier alpha value is -3.88. The molecule has 9 heteroatoms. The van der Waals surface area contributed by atoms with Crippen molar-refractivity contribution >= 4 is 40.0 Å². The number of benzene rings is 2. The van der Waals surface area contributed by atoms with Crippen LogP contribution in [0.25, 0.3) is 10.9 Å². The summed E-state index contributed by atoms with van der Waals surface area (Å²) in [6.07, 6.45) is 1.10. The average molecular weight is 435 g/mol. The number of H-pyrrole nitrogens is 1. The van der Waals surface area contributed by atoms with Crippen molar-refractivity contribution in [2.24, 2.45) is 5.92 Å². The molecule has 1 fully saturated rings. The van der Waals surface area contributed by atoms with Crippen LogP contribution in [-0.4, -0.2) is 53.0 Å². The number of para-hydroxylation sites is 1. The van der Waals surface area contributed by atoms with Crippen molar-refractivity contribution in [3.63, 3.8) is 0 Å². The fraction of sp³-hybridized carbons (Fsp3) is 0.304. The first-order valence-corrected chi connectivity index (χ1v) is 10.4. The van der Waals surface area contributed by atoms with Crippen LogP contribution in [0.15, 0.2) is 42.5 Å².